The summed E-state index contributed by atoms with van der Waals surface area (Å²) in [6.45, 7) is 10.8. The average molecular weight is 300 g/mol. The molecule has 0 aromatic heterocycles. The van der Waals surface area contributed by atoms with Gasteiger partial charge in [0.1, 0.15) is 12.1 Å². The van der Waals surface area contributed by atoms with E-state index in [1.807, 2.05) is 38.9 Å². The number of piperazine rings is 1. The van der Waals surface area contributed by atoms with Crippen LogP contribution in [-0.4, -0.2) is 46.8 Å². The zero-order chi connectivity index (χ0) is 15.4. The first-order valence-corrected chi connectivity index (χ1v) is 8.75. The van der Waals surface area contributed by atoms with Crippen molar-refractivity contribution in [3.05, 3.63) is 0 Å². The molecule has 0 bridgehead atoms. The van der Waals surface area contributed by atoms with Gasteiger partial charge in [0.25, 0.3) is 0 Å². The van der Waals surface area contributed by atoms with E-state index in [-0.39, 0.29) is 35.7 Å². The third-order valence-corrected chi connectivity index (χ3v) is 5.11. The molecule has 5 heteroatoms. The smallest absolute Gasteiger partial charge is 0.246 e. The van der Waals surface area contributed by atoms with Gasteiger partial charge < -0.3 is 10.2 Å². The fourth-order valence-corrected chi connectivity index (χ4v) is 2.91. The van der Waals surface area contributed by atoms with Crippen LogP contribution in [0.5, 0.6) is 0 Å². The molecule has 0 radical (unpaired) electrons. The van der Waals surface area contributed by atoms with E-state index in [4.69, 9.17) is 0 Å². The van der Waals surface area contributed by atoms with Gasteiger partial charge in [-0.3, -0.25) is 9.59 Å². The van der Waals surface area contributed by atoms with Crippen molar-refractivity contribution in [3.8, 4) is 0 Å². The maximum absolute atomic E-state index is 12.7. The predicted molar refractivity (Wildman–Crippen MR) is 84.7 cm³/mol. The first-order chi connectivity index (χ1) is 9.33. The Hall–Kier alpha value is -0.710. The largest absolute Gasteiger partial charge is 0.342 e. The van der Waals surface area contributed by atoms with Crippen LogP contribution in [-0.2, 0) is 9.59 Å². The van der Waals surface area contributed by atoms with E-state index in [0.29, 0.717) is 11.8 Å². The molecule has 1 saturated heterocycles. The van der Waals surface area contributed by atoms with Crippen molar-refractivity contribution in [2.24, 2.45) is 11.8 Å². The number of rotatable bonds is 6. The van der Waals surface area contributed by atoms with Gasteiger partial charge in [0.05, 0.1) is 0 Å². The minimum atomic E-state index is -0.364. The number of thioether (sulfide) groups is 1. The molecule has 0 aromatic rings. The number of carbonyl (C=O) groups is 2. The van der Waals surface area contributed by atoms with E-state index in [9.17, 15) is 9.59 Å². The van der Waals surface area contributed by atoms with E-state index >= 15 is 0 Å². The predicted octanol–water partition coefficient (Wildman–Crippen LogP) is 2.14. The molecule has 20 heavy (non-hydrogen) atoms. The Kier molecular flexibility index (Phi) is 6.37. The van der Waals surface area contributed by atoms with Gasteiger partial charge in [0, 0.05) is 11.8 Å². The number of hydrogen-bond donors (Lipinski definition) is 1. The maximum Gasteiger partial charge on any atom is 0.246 e. The van der Waals surface area contributed by atoms with Crippen LogP contribution in [0.4, 0.5) is 0 Å². The van der Waals surface area contributed by atoms with Crippen molar-refractivity contribution in [1.82, 2.24) is 10.2 Å². The molecule has 1 rings (SSSR count). The van der Waals surface area contributed by atoms with Crippen LogP contribution in [0.2, 0.25) is 0 Å². The second-order valence-corrected chi connectivity index (χ2v) is 7.37. The number of nitrogens with zero attached hydrogens (tertiary/aromatic N) is 1. The standard InChI is InChI=1S/C15H28N2O2S/c1-7-10(4)12-15(19)17(8-11(5)20-6)13(9(2)3)14(18)16-12/h9-13H,7-8H2,1-6H3,(H,16,18). The molecule has 116 valence electrons. The molecule has 1 heterocycles. The molecule has 1 N–H and O–H groups in total. The highest BCUT2D eigenvalue weighted by Gasteiger charge is 2.43. The summed E-state index contributed by atoms with van der Waals surface area (Å²) in [5, 5.41) is 3.27. The molecular weight excluding hydrogens is 272 g/mol. The number of hydrogen-bond acceptors (Lipinski definition) is 3. The van der Waals surface area contributed by atoms with Crippen LogP contribution in [0, 0.1) is 11.8 Å². The monoisotopic (exact) mass is 300 g/mol. The third kappa shape index (κ3) is 3.68. The van der Waals surface area contributed by atoms with Gasteiger partial charge in [-0.25, -0.2) is 0 Å². The van der Waals surface area contributed by atoms with Gasteiger partial charge in [0.2, 0.25) is 11.8 Å². The summed E-state index contributed by atoms with van der Waals surface area (Å²) in [5.41, 5.74) is 0. The van der Waals surface area contributed by atoms with Gasteiger partial charge in [-0.2, -0.15) is 11.8 Å². The maximum atomic E-state index is 12.7. The molecule has 0 spiro atoms. The van der Waals surface area contributed by atoms with Gasteiger partial charge in [-0.05, 0) is 18.1 Å². The molecular formula is C15H28N2O2S. The first-order valence-electron chi connectivity index (χ1n) is 7.47. The van der Waals surface area contributed by atoms with Crippen molar-refractivity contribution >= 4 is 23.6 Å². The molecule has 0 aromatic carbocycles. The summed E-state index contributed by atoms with van der Waals surface area (Å²) in [5.74, 6) is 0.384. The lowest BCUT2D eigenvalue weighted by Crippen LogP contribution is -2.66. The van der Waals surface area contributed by atoms with Gasteiger partial charge in [0.15, 0.2) is 0 Å². The minimum absolute atomic E-state index is 0.00166. The summed E-state index contributed by atoms with van der Waals surface area (Å²) in [7, 11) is 0. The molecule has 1 aliphatic heterocycles. The zero-order valence-corrected chi connectivity index (χ0v) is 14.3. The third-order valence-electron chi connectivity index (χ3n) is 4.15. The van der Waals surface area contributed by atoms with Crippen LogP contribution >= 0.6 is 11.8 Å². The van der Waals surface area contributed by atoms with Gasteiger partial charge >= 0.3 is 0 Å². The number of nitrogens with one attached hydrogen (secondary N) is 1. The second kappa shape index (κ2) is 7.34. The molecule has 1 aliphatic rings. The second-order valence-electron chi connectivity index (χ2n) is 6.10. The summed E-state index contributed by atoms with van der Waals surface area (Å²) in [6.07, 6.45) is 2.92. The van der Waals surface area contributed by atoms with Crippen LogP contribution in [0.25, 0.3) is 0 Å². The SMILES string of the molecule is CCC(C)C1NC(=O)C(C(C)C)N(CC(C)SC)C1=O. The normalized spacial score (nSPS) is 26.6. The summed E-state index contributed by atoms with van der Waals surface area (Å²) in [4.78, 5) is 26.9. The Morgan fingerprint density at radius 3 is 2.30 bits per heavy atom. The van der Waals surface area contributed by atoms with Crippen LogP contribution in [0.1, 0.15) is 41.0 Å². The average Bonchev–Trinajstić information content (AvgIpc) is 2.40. The fourth-order valence-electron chi connectivity index (χ4n) is 2.60. The Labute approximate surface area is 127 Å². The quantitative estimate of drug-likeness (QED) is 0.817. The Morgan fingerprint density at radius 1 is 1.25 bits per heavy atom. The topological polar surface area (TPSA) is 49.4 Å². The molecule has 2 amide bonds. The van der Waals surface area contributed by atoms with Crippen molar-refractivity contribution in [1.29, 1.82) is 0 Å². The van der Waals surface area contributed by atoms with Gasteiger partial charge in [-0.1, -0.05) is 41.0 Å². The summed E-state index contributed by atoms with van der Waals surface area (Å²) in [6, 6.07) is -0.700. The highest BCUT2D eigenvalue weighted by Crippen LogP contribution is 2.23. The molecule has 4 unspecified atom stereocenters. The van der Waals surface area contributed by atoms with Crippen molar-refractivity contribution in [3.63, 3.8) is 0 Å². The van der Waals surface area contributed by atoms with E-state index in [0.717, 1.165) is 6.42 Å². The summed E-state index contributed by atoms with van der Waals surface area (Å²) >= 11 is 1.73. The molecule has 0 aliphatic carbocycles. The molecule has 1 fully saturated rings. The van der Waals surface area contributed by atoms with E-state index in [1.165, 1.54) is 0 Å². The highest BCUT2D eigenvalue weighted by atomic mass is 32.2. The Bertz CT molecular complexity index is 360. The Balaban J connectivity index is 3.01. The van der Waals surface area contributed by atoms with E-state index in [1.54, 1.807) is 11.8 Å². The van der Waals surface area contributed by atoms with E-state index < -0.39 is 0 Å². The number of amides is 2. The lowest BCUT2D eigenvalue weighted by Gasteiger charge is -2.43. The first kappa shape index (κ1) is 17.3. The Morgan fingerprint density at radius 2 is 1.85 bits per heavy atom. The van der Waals surface area contributed by atoms with Crippen molar-refractivity contribution in [2.45, 2.75) is 58.4 Å². The molecule has 4 nitrogen and oxygen atoms in total. The van der Waals surface area contributed by atoms with E-state index in [2.05, 4.69) is 12.2 Å². The van der Waals surface area contributed by atoms with Crippen molar-refractivity contribution in [2.75, 3.05) is 12.8 Å². The highest BCUT2D eigenvalue weighted by molar-refractivity contribution is 7.99. The van der Waals surface area contributed by atoms with Crippen LogP contribution in [0.15, 0.2) is 0 Å². The van der Waals surface area contributed by atoms with Crippen LogP contribution in [0.3, 0.4) is 0 Å². The summed E-state index contributed by atoms with van der Waals surface area (Å²) < 4.78 is 0. The van der Waals surface area contributed by atoms with Gasteiger partial charge in [-0.15, -0.1) is 0 Å². The van der Waals surface area contributed by atoms with Crippen molar-refractivity contribution < 1.29 is 9.59 Å². The lowest BCUT2D eigenvalue weighted by molar-refractivity contribution is -0.152. The molecule has 4 atom stereocenters. The lowest BCUT2D eigenvalue weighted by atomic mass is 9.91. The fraction of sp³-hybridized carbons (Fsp3) is 0.867. The minimum Gasteiger partial charge on any atom is -0.342 e. The zero-order valence-electron chi connectivity index (χ0n) is 13.5. The number of carbonyl (C=O) groups excluding carboxylic acids is 2. The molecule has 0 saturated carbocycles. The van der Waals surface area contributed by atoms with Crippen LogP contribution < -0.4 is 5.32 Å².